The van der Waals surface area contributed by atoms with E-state index < -0.39 is 0 Å². The van der Waals surface area contributed by atoms with Gasteiger partial charge in [-0.1, -0.05) is 28.1 Å². The number of rotatable bonds is 2. The number of anilines is 2. The van der Waals surface area contributed by atoms with E-state index in [0.29, 0.717) is 22.5 Å². The van der Waals surface area contributed by atoms with E-state index in [1.807, 2.05) is 37.3 Å². The van der Waals surface area contributed by atoms with Gasteiger partial charge in [0.2, 0.25) is 0 Å². The van der Waals surface area contributed by atoms with Crippen LogP contribution in [0, 0.1) is 29.6 Å². The van der Waals surface area contributed by atoms with Crippen LogP contribution in [0.25, 0.3) is 0 Å². The Balaban J connectivity index is 2.46. The van der Waals surface area contributed by atoms with Crippen molar-refractivity contribution in [2.24, 2.45) is 0 Å². The molecule has 0 aromatic heterocycles. The highest BCUT2D eigenvalue weighted by Gasteiger charge is 2.08. The van der Waals surface area contributed by atoms with E-state index in [2.05, 4.69) is 33.4 Å². The maximum Gasteiger partial charge on any atom is 0.102 e. The second kappa shape index (κ2) is 5.56. The molecular formula is C15H10BrN3. The first-order valence-corrected chi connectivity index (χ1v) is 6.41. The van der Waals surface area contributed by atoms with Crippen molar-refractivity contribution >= 4 is 27.3 Å². The van der Waals surface area contributed by atoms with Gasteiger partial charge in [-0.15, -0.1) is 0 Å². The molecule has 2 aromatic rings. The molecule has 2 rings (SSSR count). The Hall–Kier alpha value is -2.30. The molecule has 0 bridgehead atoms. The minimum absolute atomic E-state index is 0.528. The van der Waals surface area contributed by atoms with E-state index in [9.17, 15) is 5.26 Å². The zero-order chi connectivity index (χ0) is 13.8. The lowest BCUT2D eigenvalue weighted by Gasteiger charge is -2.11. The lowest BCUT2D eigenvalue weighted by atomic mass is 10.1. The largest absolute Gasteiger partial charge is 0.353 e. The van der Waals surface area contributed by atoms with E-state index in [4.69, 9.17) is 5.26 Å². The maximum absolute atomic E-state index is 9.19. The molecule has 0 aliphatic carbocycles. The number of hydrogen-bond acceptors (Lipinski definition) is 3. The summed E-state index contributed by atoms with van der Waals surface area (Å²) in [7, 11) is 0. The number of nitrogens with one attached hydrogen (secondary N) is 1. The van der Waals surface area contributed by atoms with Crippen molar-refractivity contribution in [3.63, 3.8) is 0 Å². The zero-order valence-electron chi connectivity index (χ0n) is 10.2. The van der Waals surface area contributed by atoms with Crippen LogP contribution in [0.1, 0.15) is 16.7 Å². The third kappa shape index (κ3) is 2.76. The lowest BCUT2D eigenvalue weighted by molar-refractivity contribution is 1.37. The van der Waals surface area contributed by atoms with Crippen LogP contribution >= 0.6 is 15.9 Å². The molecule has 92 valence electrons. The van der Waals surface area contributed by atoms with E-state index in [0.717, 1.165) is 10.0 Å². The fraction of sp³-hybridized carbons (Fsp3) is 0.0667. The van der Waals surface area contributed by atoms with Gasteiger partial charge >= 0.3 is 0 Å². The summed E-state index contributed by atoms with van der Waals surface area (Å²) in [5, 5.41) is 21.5. The van der Waals surface area contributed by atoms with Crippen molar-refractivity contribution in [2.45, 2.75) is 6.92 Å². The van der Waals surface area contributed by atoms with Crippen LogP contribution in [0.5, 0.6) is 0 Å². The first-order valence-electron chi connectivity index (χ1n) is 5.62. The molecule has 0 atom stereocenters. The molecule has 2 aromatic carbocycles. The molecule has 0 amide bonds. The average molecular weight is 312 g/mol. The summed E-state index contributed by atoms with van der Waals surface area (Å²) in [6, 6.07) is 15.3. The molecule has 0 saturated carbocycles. The van der Waals surface area contributed by atoms with Gasteiger partial charge in [-0.3, -0.25) is 0 Å². The normalized spacial score (nSPS) is 9.47. The van der Waals surface area contributed by atoms with Crippen molar-refractivity contribution in [2.75, 3.05) is 5.32 Å². The minimum Gasteiger partial charge on any atom is -0.353 e. The fourth-order valence-electron chi connectivity index (χ4n) is 1.78. The third-order valence-electron chi connectivity index (χ3n) is 2.76. The highest BCUT2D eigenvalue weighted by atomic mass is 79.9. The van der Waals surface area contributed by atoms with Crippen LogP contribution in [-0.4, -0.2) is 0 Å². The number of benzene rings is 2. The zero-order valence-corrected chi connectivity index (χ0v) is 11.8. The van der Waals surface area contributed by atoms with Crippen LogP contribution in [0.15, 0.2) is 40.9 Å². The molecule has 0 heterocycles. The van der Waals surface area contributed by atoms with Crippen LogP contribution in [-0.2, 0) is 0 Å². The van der Waals surface area contributed by atoms with Gasteiger partial charge in [0.15, 0.2) is 0 Å². The number of nitrogens with zero attached hydrogens (tertiary/aromatic N) is 2. The molecule has 0 unspecified atom stereocenters. The second-order valence-corrected chi connectivity index (χ2v) is 4.95. The van der Waals surface area contributed by atoms with Crippen molar-refractivity contribution < 1.29 is 0 Å². The molecule has 19 heavy (non-hydrogen) atoms. The second-order valence-electron chi connectivity index (χ2n) is 4.04. The Morgan fingerprint density at radius 2 is 1.84 bits per heavy atom. The van der Waals surface area contributed by atoms with Gasteiger partial charge in [-0.2, -0.15) is 10.5 Å². The van der Waals surface area contributed by atoms with Crippen LogP contribution in [0.3, 0.4) is 0 Å². The van der Waals surface area contributed by atoms with Gasteiger partial charge in [0.1, 0.15) is 12.1 Å². The Bertz CT molecular complexity index is 708. The number of halogens is 1. The summed E-state index contributed by atoms with van der Waals surface area (Å²) >= 11 is 3.33. The third-order valence-corrected chi connectivity index (χ3v) is 3.25. The summed E-state index contributed by atoms with van der Waals surface area (Å²) in [6.07, 6.45) is 0. The highest BCUT2D eigenvalue weighted by Crippen LogP contribution is 2.27. The van der Waals surface area contributed by atoms with Gasteiger partial charge in [0.05, 0.1) is 22.5 Å². The molecule has 0 saturated heterocycles. The minimum atomic E-state index is 0.528. The standard InChI is InChI=1S/C15H10BrN3/c1-10-3-2-4-15(13(10)9-18)19-14-6-5-12(16)7-11(14)8-17/h2-7,19H,1H3. The van der Waals surface area contributed by atoms with Gasteiger partial charge in [-0.05, 0) is 36.8 Å². The Morgan fingerprint density at radius 1 is 1.05 bits per heavy atom. The van der Waals surface area contributed by atoms with Crippen molar-refractivity contribution in [1.29, 1.82) is 10.5 Å². The van der Waals surface area contributed by atoms with Crippen LogP contribution < -0.4 is 5.32 Å². The SMILES string of the molecule is Cc1cccc(Nc2ccc(Br)cc2C#N)c1C#N. The first kappa shape index (κ1) is 13.1. The molecular weight excluding hydrogens is 302 g/mol. The van der Waals surface area contributed by atoms with E-state index in [-0.39, 0.29) is 0 Å². The Kier molecular flexibility index (Phi) is 3.85. The topological polar surface area (TPSA) is 59.6 Å². The summed E-state index contributed by atoms with van der Waals surface area (Å²) in [5.74, 6) is 0. The van der Waals surface area contributed by atoms with Gasteiger partial charge < -0.3 is 5.32 Å². The predicted molar refractivity (Wildman–Crippen MR) is 78.0 cm³/mol. The maximum atomic E-state index is 9.19. The highest BCUT2D eigenvalue weighted by molar-refractivity contribution is 9.10. The summed E-state index contributed by atoms with van der Waals surface area (Å²) in [6.45, 7) is 1.89. The van der Waals surface area contributed by atoms with Gasteiger partial charge in [0, 0.05) is 4.47 Å². The first-order chi connectivity index (χ1) is 9.15. The van der Waals surface area contributed by atoms with Crippen molar-refractivity contribution in [3.8, 4) is 12.1 Å². The Labute approximate surface area is 120 Å². The van der Waals surface area contributed by atoms with E-state index >= 15 is 0 Å². The molecule has 0 fully saturated rings. The molecule has 0 spiro atoms. The summed E-state index contributed by atoms with van der Waals surface area (Å²) < 4.78 is 0.847. The molecule has 0 radical (unpaired) electrons. The van der Waals surface area contributed by atoms with E-state index in [1.54, 1.807) is 6.07 Å². The smallest absolute Gasteiger partial charge is 0.102 e. The molecule has 3 nitrogen and oxygen atoms in total. The number of hydrogen-bond donors (Lipinski definition) is 1. The molecule has 0 aliphatic heterocycles. The van der Waals surface area contributed by atoms with E-state index in [1.165, 1.54) is 0 Å². The van der Waals surface area contributed by atoms with Crippen molar-refractivity contribution in [3.05, 3.63) is 57.6 Å². The molecule has 4 heteroatoms. The monoisotopic (exact) mass is 311 g/mol. The lowest BCUT2D eigenvalue weighted by Crippen LogP contribution is -1.97. The predicted octanol–water partition coefficient (Wildman–Crippen LogP) is 4.24. The average Bonchev–Trinajstić information content (AvgIpc) is 2.41. The van der Waals surface area contributed by atoms with Crippen LogP contribution in [0.2, 0.25) is 0 Å². The molecule has 1 N–H and O–H groups in total. The Morgan fingerprint density at radius 3 is 2.53 bits per heavy atom. The number of aryl methyl sites for hydroxylation is 1. The molecule has 0 aliphatic rings. The van der Waals surface area contributed by atoms with Gasteiger partial charge in [0.25, 0.3) is 0 Å². The number of nitriles is 2. The quantitative estimate of drug-likeness (QED) is 0.902. The van der Waals surface area contributed by atoms with Crippen molar-refractivity contribution in [1.82, 2.24) is 0 Å². The van der Waals surface area contributed by atoms with Crippen LogP contribution in [0.4, 0.5) is 11.4 Å². The summed E-state index contributed by atoms with van der Waals surface area (Å²) in [4.78, 5) is 0. The van der Waals surface area contributed by atoms with Gasteiger partial charge in [-0.25, -0.2) is 0 Å². The summed E-state index contributed by atoms with van der Waals surface area (Å²) in [5.41, 5.74) is 3.42. The fourth-order valence-corrected chi connectivity index (χ4v) is 2.14.